The predicted molar refractivity (Wildman–Crippen MR) is 131 cm³/mol. The van der Waals surface area contributed by atoms with Crippen molar-refractivity contribution >= 4 is 21.8 Å². The van der Waals surface area contributed by atoms with E-state index in [0.29, 0.717) is 62.6 Å². The lowest BCUT2D eigenvalue weighted by Gasteiger charge is -2.35. The number of benzene rings is 2. The number of sulfonamides is 1. The van der Waals surface area contributed by atoms with E-state index in [9.17, 15) is 18.0 Å². The van der Waals surface area contributed by atoms with Crippen LogP contribution in [0.4, 0.5) is 0 Å². The molecule has 0 spiro atoms. The monoisotopic (exact) mass is 483 g/mol. The molecule has 0 atom stereocenters. The molecule has 182 valence electrons. The maximum Gasteiger partial charge on any atom is 0.253 e. The van der Waals surface area contributed by atoms with Crippen molar-refractivity contribution in [3.63, 3.8) is 0 Å². The Morgan fingerprint density at radius 1 is 0.706 bits per heavy atom. The number of carbonyl (C=O) groups is 2. The minimum absolute atomic E-state index is 0.00270. The maximum absolute atomic E-state index is 12.9. The summed E-state index contributed by atoms with van der Waals surface area (Å²) < 4.78 is 27.5. The minimum atomic E-state index is -3.46. The molecular formula is C26H33N3O4S. The molecule has 0 aliphatic carbocycles. The third kappa shape index (κ3) is 5.85. The smallest absolute Gasteiger partial charge is 0.253 e. The van der Waals surface area contributed by atoms with Gasteiger partial charge in [0.25, 0.3) is 5.91 Å². The highest BCUT2D eigenvalue weighted by molar-refractivity contribution is 7.89. The Hall–Kier alpha value is -2.71. The van der Waals surface area contributed by atoms with Crippen LogP contribution in [0.3, 0.4) is 0 Å². The summed E-state index contributed by atoms with van der Waals surface area (Å²) in [5.41, 5.74) is 1.62. The van der Waals surface area contributed by atoms with Gasteiger partial charge in [0.15, 0.2) is 0 Å². The van der Waals surface area contributed by atoms with E-state index in [0.717, 1.165) is 31.2 Å². The van der Waals surface area contributed by atoms with Gasteiger partial charge in [0, 0.05) is 51.3 Å². The third-order valence-corrected chi connectivity index (χ3v) is 8.61. The predicted octanol–water partition coefficient (Wildman–Crippen LogP) is 3.17. The minimum Gasteiger partial charge on any atom is -0.339 e. The van der Waals surface area contributed by atoms with Gasteiger partial charge >= 0.3 is 0 Å². The molecule has 8 heteroatoms. The summed E-state index contributed by atoms with van der Waals surface area (Å²) in [6.45, 7) is 3.30. The van der Waals surface area contributed by atoms with Gasteiger partial charge in [0.2, 0.25) is 15.9 Å². The Balaban J connectivity index is 1.26. The third-order valence-electron chi connectivity index (χ3n) is 6.69. The second-order valence-electron chi connectivity index (χ2n) is 9.00. The van der Waals surface area contributed by atoms with Gasteiger partial charge < -0.3 is 9.80 Å². The number of aryl methyl sites for hydroxylation is 1. The molecule has 2 aromatic carbocycles. The van der Waals surface area contributed by atoms with Gasteiger partial charge in [-0.25, -0.2) is 8.42 Å². The highest BCUT2D eigenvalue weighted by Crippen LogP contribution is 2.21. The SMILES string of the molecule is O=C(CCc1ccc(S(=O)(=O)N2CCCCCC2)cc1)N1CCN(C(=O)c2ccccc2)CC1. The van der Waals surface area contributed by atoms with Crippen LogP contribution in [-0.2, 0) is 21.2 Å². The first-order chi connectivity index (χ1) is 16.4. The molecule has 0 bridgehead atoms. The van der Waals surface area contributed by atoms with Crippen LogP contribution in [0.2, 0.25) is 0 Å². The number of hydrogen-bond donors (Lipinski definition) is 0. The number of carbonyl (C=O) groups excluding carboxylic acids is 2. The van der Waals surface area contributed by atoms with Gasteiger partial charge in [-0.15, -0.1) is 0 Å². The fourth-order valence-corrected chi connectivity index (χ4v) is 6.11. The quantitative estimate of drug-likeness (QED) is 0.632. The highest BCUT2D eigenvalue weighted by Gasteiger charge is 2.26. The molecule has 4 rings (SSSR count). The van der Waals surface area contributed by atoms with Crippen LogP contribution in [0.15, 0.2) is 59.5 Å². The van der Waals surface area contributed by atoms with Crippen molar-refractivity contribution in [2.45, 2.75) is 43.4 Å². The van der Waals surface area contributed by atoms with Crippen molar-refractivity contribution in [3.8, 4) is 0 Å². The van der Waals surface area contributed by atoms with E-state index in [1.54, 1.807) is 21.3 Å². The lowest BCUT2D eigenvalue weighted by Crippen LogP contribution is -2.50. The summed E-state index contributed by atoms with van der Waals surface area (Å²) in [7, 11) is -3.46. The molecule has 2 aromatic rings. The zero-order valence-corrected chi connectivity index (χ0v) is 20.4. The van der Waals surface area contributed by atoms with E-state index in [-0.39, 0.29) is 11.8 Å². The van der Waals surface area contributed by atoms with Crippen LogP contribution in [0.25, 0.3) is 0 Å². The average Bonchev–Trinajstić information content (AvgIpc) is 3.18. The lowest BCUT2D eigenvalue weighted by molar-refractivity contribution is -0.132. The van der Waals surface area contributed by atoms with E-state index in [2.05, 4.69) is 0 Å². The maximum atomic E-state index is 12.9. The van der Waals surface area contributed by atoms with Crippen molar-refractivity contribution in [2.24, 2.45) is 0 Å². The van der Waals surface area contributed by atoms with Crippen LogP contribution < -0.4 is 0 Å². The fourth-order valence-electron chi connectivity index (χ4n) is 4.59. The van der Waals surface area contributed by atoms with Crippen LogP contribution >= 0.6 is 0 Å². The van der Waals surface area contributed by atoms with E-state index in [4.69, 9.17) is 0 Å². The first kappa shape index (κ1) is 24.4. The summed E-state index contributed by atoms with van der Waals surface area (Å²) in [5, 5.41) is 0. The second kappa shape index (κ2) is 11.1. The molecule has 2 amide bonds. The average molecular weight is 484 g/mol. The largest absolute Gasteiger partial charge is 0.339 e. The standard InChI is InChI=1S/C26H33N3O4S/c30-25(27-18-20-28(21-19-27)26(31)23-8-4-3-5-9-23)15-12-22-10-13-24(14-11-22)34(32,33)29-16-6-1-2-7-17-29/h3-5,8-11,13-14H,1-2,6-7,12,15-21H2. The molecule has 2 aliphatic heterocycles. The van der Waals surface area contributed by atoms with Crippen molar-refractivity contribution < 1.29 is 18.0 Å². The highest BCUT2D eigenvalue weighted by atomic mass is 32.2. The molecule has 34 heavy (non-hydrogen) atoms. The van der Waals surface area contributed by atoms with Crippen molar-refractivity contribution in [1.29, 1.82) is 0 Å². The first-order valence-electron chi connectivity index (χ1n) is 12.2. The van der Waals surface area contributed by atoms with Gasteiger partial charge in [-0.2, -0.15) is 4.31 Å². The van der Waals surface area contributed by atoms with E-state index in [1.807, 2.05) is 47.4 Å². The number of piperazine rings is 1. The Bertz CT molecular complexity index is 1070. The molecule has 7 nitrogen and oxygen atoms in total. The first-order valence-corrected chi connectivity index (χ1v) is 13.6. The number of hydrogen-bond acceptors (Lipinski definition) is 4. The number of amides is 2. The summed E-state index contributed by atoms with van der Waals surface area (Å²) in [6, 6.07) is 16.2. The van der Waals surface area contributed by atoms with Gasteiger partial charge in [0.05, 0.1) is 4.90 Å². The normalized spacial score (nSPS) is 17.9. The van der Waals surface area contributed by atoms with E-state index in [1.165, 1.54) is 0 Å². The molecule has 2 fully saturated rings. The molecule has 2 aliphatic rings. The van der Waals surface area contributed by atoms with Crippen LogP contribution in [-0.4, -0.2) is 73.6 Å². The van der Waals surface area contributed by atoms with E-state index < -0.39 is 10.0 Å². The molecule has 0 radical (unpaired) electrons. The Morgan fingerprint density at radius 3 is 1.91 bits per heavy atom. The summed E-state index contributed by atoms with van der Waals surface area (Å²) in [4.78, 5) is 29.2. The van der Waals surface area contributed by atoms with E-state index >= 15 is 0 Å². The topological polar surface area (TPSA) is 78.0 Å². The van der Waals surface area contributed by atoms with Crippen LogP contribution in [0, 0.1) is 0 Å². The van der Waals surface area contributed by atoms with Gasteiger partial charge in [-0.05, 0) is 49.1 Å². The summed E-state index contributed by atoms with van der Waals surface area (Å²) in [5.74, 6) is 0.0657. The Labute approximate surface area is 202 Å². The zero-order chi connectivity index (χ0) is 24.0. The van der Waals surface area contributed by atoms with Crippen LogP contribution in [0.1, 0.15) is 48.0 Å². The summed E-state index contributed by atoms with van der Waals surface area (Å²) in [6.07, 6.45) is 4.91. The van der Waals surface area contributed by atoms with Crippen molar-refractivity contribution in [1.82, 2.24) is 14.1 Å². The molecule has 0 aromatic heterocycles. The molecule has 2 saturated heterocycles. The summed E-state index contributed by atoms with van der Waals surface area (Å²) >= 11 is 0. The second-order valence-corrected chi connectivity index (χ2v) is 10.9. The molecule has 0 N–H and O–H groups in total. The van der Waals surface area contributed by atoms with Gasteiger partial charge in [-0.3, -0.25) is 9.59 Å². The van der Waals surface area contributed by atoms with Crippen molar-refractivity contribution in [3.05, 3.63) is 65.7 Å². The van der Waals surface area contributed by atoms with Gasteiger partial charge in [0.1, 0.15) is 0 Å². The molecule has 0 saturated carbocycles. The molecule has 2 heterocycles. The molecule has 0 unspecified atom stereocenters. The number of nitrogens with zero attached hydrogens (tertiary/aromatic N) is 3. The number of rotatable bonds is 6. The van der Waals surface area contributed by atoms with Gasteiger partial charge in [-0.1, -0.05) is 43.2 Å². The fraction of sp³-hybridized carbons (Fsp3) is 0.462. The van der Waals surface area contributed by atoms with Crippen molar-refractivity contribution in [2.75, 3.05) is 39.3 Å². The lowest BCUT2D eigenvalue weighted by atomic mass is 10.1. The Kier molecular flexibility index (Phi) is 8.00. The van der Waals surface area contributed by atoms with Crippen LogP contribution in [0.5, 0.6) is 0 Å². The molecular weight excluding hydrogens is 450 g/mol. The zero-order valence-electron chi connectivity index (χ0n) is 19.6. The Morgan fingerprint density at radius 2 is 1.29 bits per heavy atom.